The van der Waals surface area contributed by atoms with Crippen molar-refractivity contribution in [3.63, 3.8) is 0 Å². The van der Waals surface area contributed by atoms with Crippen LogP contribution in [-0.2, 0) is 9.53 Å². The number of carbonyl (C=O) groups excluding carboxylic acids is 2. The summed E-state index contributed by atoms with van der Waals surface area (Å²) < 4.78 is 10.0. The normalized spacial score (nSPS) is 10.0. The summed E-state index contributed by atoms with van der Waals surface area (Å²) in [5.41, 5.74) is 1.54. The van der Waals surface area contributed by atoms with Gasteiger partial charge in [-0.25, -0.2) is 0 Å². The smallest absolute Gasteiger partial charge is 0.255 e. The second-order valence-electron chi connectivity index (χ2n) is 4.72. The Balaban J connectivity index is 2.19. The van der Waals surface area contributed by atoms with Crippen molar-refractivity contribution in [2.24, 2.45) is 0 Å². The van der Waals surface area contributed by atoms with E-state index in [2.05, 4.69) is 10.6 Å². The lowest BCUT2D eigenvalue weighted by Gasteiger charge is -2.13. The number of hydrogen-bond donors (Lipinski definition) is 2. The van der Waals surface area contributed by atoms with Crippen LogP contribution in [0.1, 0.15) is 10.4 Å². The SMILES string of the molecule is COCC(=O)Nc1ccc(OC)c(NC(=O)c2ccccc2)c1. The molecule has 6 nitrogen and oxygen atoms in total. The molecule has 2 rings (SSSR count). The Morgan fingerprint density at radius 2 is 1.74 bits per heavy atom. The molecule has 23 heavy (non-hydrogen) atoms. The van der Waals surface area contributed by atoms with Crippen molar-refractivity contribution in [3.05, 3.63) is 54.1 Å². The summed E-state index contributed by atoms with van der Waals surface area (Å²) in [5, 5.41) is 5.45. The van der Waals surface area contributed by atoms with E-state index in [9.17, 15) is 9.59 Å². The summed E-state index contributed by atoms with van der Waals surface area (Å²) >= 11 is 0. The summed E-state index contributed by atoms with van der Waals surface area (Å²) in [6, 6.07) is 13.8. The second kappa shape index (κ2) is 7.95. The van der Waals surface area contributed by atoms with Gasteiger partial charge in [0.2, 0.25) is 5.91 Å². The van der Waals surface area contributed by atoms with Gasteiger partial charge < -0.3 is 20.1 Å². The van der Waals surface area contributed by atoms with Gasteiger partial charge in [0.25, 0.3) is 5.91 Å². The van der Waals surface area contributed by atoms with Crippen LogP contribution in [0.25, 0.3) is 0 Å². The second-order valence-corrected chi connectivity index (χ2v) is 4.72. The number of carbonyl (C=O) groups is 2. The first-order chi connectivity index (χ1) is 11.1. The molecule has 0 fully saturated rings. The molecule has 0 unspecified atom stereocenters. The van der Waals surface area contributed by atoms with Gasteiger partial charge in [0.1, 0.15) is 12.4 Å². The molecule has 2 amide bonds. The van der Waals surface area contributed by atoms with E-state index in [1.54, 1.807) is 42.5 Å². The number of benzene rings is 2. The van der Waals surface area contributed by atoms with E-state index >= 15 is 0 Å². The molecule has 0 aliphatic carbocycles. The van der Waals surface area contributed by atoms with Gasteiger partial charge in [0.15, 0.2) is 0 Å². The van der Waals surface area contributed by atoms with Crippen molar-refractivity contribution in [1.82, 2.24) is 0 Å². The fourth-order valence-electron chi connectivity index (χ4n) is 2.00. The Morgan fingerprint density at radius 3 is 2.39 bits per heavy atom. The average molecular weight is 314 g/mol. The summed E-state index contributed by atoms with van der Waals surface area (Å²) in [4.78, 5) is 23.8. The largest absolute Gasteiger partial charge is 0.495 e. The minimum atomic E-state index is -0.280. The van der Waals surface area contributed by atoms with Gasteiger partial charge in [0.05, 0.1) is 12.8 Å². The maximum atomic E-state index is 12.2. The predicted octanol–water partition coefficient (Wildman–Crippen LogP) is 2.53. The molecule has 2 aromatic rings. The number of ether oxygens (including phenoxy) is 2. The maximum absolute atomic E-state index is 12.2. The van der Waals surface area contributed by atoms with E-state index in [4.69, 9.17) is 9.47 Å². The molecule has 0 bridgehead atoms. The molecule has 6 heteroatoms. The quantitative estimate of drug-likeness (QED) is 0.859. The molecule has 0 aromatic heterocycles. The minimum Gasteiger partial charge on any atom is -0.495 e. The highest BCUT2D eigenvalue weighted by molar-refractivity contribution is 6.05. The van der Waals surface area contributed by atoms with Crippen molar-refractivity contribution in [1.29, 1.82) is 0 Å². The third-order valence-corrected chi connectivity index (χ3v) is 3.04. The molecule has 0 radical (unpaired) electrons. The van der Waals surface area contributed by atoms with Gasteiger partial charge >= 0.3 is 0 Å². The van der Waals surface area contributed by atoms with Crippen LogP contribution < -0.4 is 15.4 Å². The molecule has 0 aliphatic heterocycles. The molecular formula is C17H18N2O4. The summed E-state index contributed by atoms with van der Waals surface area (Å²) in [7, 11) is 2.95. The molecule has 0 aliphatic rings. The van der Waals surface area contributed by atoms with Gasteiger partial charge in [-0.15, -0.1) is 0 Å². The topological polar surface area (TPSA) is 76.7 Å². The fourth-order valence-corrected chi connectivity index (χ4v) is 2.00. The lowest BCUT2D eigenvalue weighted by atomic mass is 10.2. The third kappa shape index (κ3) is 4.55. The molecule has 0 heterocycles. The molecule has 0 saturated heterocycles. The van der Waals surface area contributed by atoms with Crippen LogP contribution in [-0.4, -0.2) is 32.6 Å². The van der Waals surface area contributed by atoms with Crippen LogP contribution in [0.5, 0.6) is 5.75 Å². The van der Waals surface area contributed by atoms with Gasteiger partial charge in [-0.3, -0.25) is 9.59 Å². The van der Waals surface area contributed by atoms with Crippen LogP contribution in [0, 0.1) is 0 Å². The molecule has 120 valence electrons. The molecule has 2 N–H and O–H groups in total. The van der Waals surface area contributed by atoms with Crippen molar-refractivity contribution in [3.8, 4) is 5.75 Å². The van der Waals surface area contributed by atoms with E-state index in [-0.39, 0.29) is 18.4 Å². The summed E-state index contributed by atoms with van der Waals surface area (Å²) in [6.07, 6.45) is 0. The van der Waals surface area contributed by atoms with Gasteiger partial charge in [0, 0.05) is 18.4 Å². The first-order valence-electron chi connectivity index (χ1n) is 6.97. The van der Waals surface area contributed by atoms with E-state index < -0.39 is 0 Å². The molecular weight excluding hydrogens is 296 g/mol. The van der Waals surface area contributed by atoms with E-state index in [1.165, 1.54) is 14.2 Å². The minimum absolute atomic E-state index is 0.0439. The van der Waals surface area contributed by atoms with E-state index in [0.29, 0.717) is 22.7 Å². The van der Waals surface area contributed by atoms with Crippen LogP contribution in [0.2, 0.25) is 0 Å². The number of amides is 2. The Bertz CT molecular complexity index is 686. The van der Waals surface area contributed by atoms with Crippen LogP contribution in [0.4, 0.5) is 11.4 Å². The maximum Gasteiger partial charge on any atom is 0.255 e. The summed E-state index contributed by atoms with van der Waals surface area (Å²) in [6.45, 7) is -0.0439. The first-order valence-corrected chi connectivity index (χ1v) is 6.97. The van der Waals surface area contributed by atoms with Crippen molar-refractivity contribution < 1.29 is 19.1 Å². The van der Waals surface area contributed by atoms with E-state index in [0.717, 1.165) is 0 Å². The average Bonchev–Trinajstić information content (AvgIpc) is 2.56. The van der Waals surface area contributed by atoms with Gasteiger partial charge in [-0.05, 0) is 30.3 Å². The van der Waals surface area contributed by atoms with Crippen LogP contribution in [0.15, 0.2) is 48.5 Å². The van der Waals surface area contributed by atoms with Crippen molar-refractivity contribution >= 4 is 23.2 Å². The third-order valence-electron chi connectivity index (χ3n) is 3.04. The first kappa shape index (κ1) is 16.5. The zero-order valence-electron chi connectivity index (χ0n) is 13.0. The lowest BCUT2D eigenvalue weighted by Crippen LogP contribution is -2.17. The number of hydrogen-bond acceptors (Lipinski definition) is 4. The van der Waals surface area contributed by atoms with Crippen LogP contribution in [0.3, 0.4) is 0 Å². The zero-order chi connectivity index (χ0) is 16.7. The lowest BCUT2D eigenvalue weighted by molar-refractivity contribution is -0.119. The highest BCUT2D eigenvalue weighted by Gasteiger charge is 2.11. The monoisotopic (exact) mass is 314 g/mol. The highest BCUT2D eigenvalue weighted by atomic mass is 16.5. The summed E-state index contributed by atoms with van der Waals surface area (Å²) in [5.74, 6) is -0.0405. The van der Waals surface area contributed by atoms with Crippen molar-refractivity contribution in [2.75, 3.05) is 31.5 Å². The standard InChI is InChI=1S/C17H18N2O4/c1-22-11-16(20)18-13-8-9-15(23-2)14(10-13)19-17(21)12-6-4-3-5-7-12/h3-10H,11H2,1-2H3,(H,18,20)(H,19,21). The Morgan fingerprint density at radius 1 is 1.00 bits per heavy atom. The molecule has 0 saturated carbocycles. The molecule has 0 atom stereocenters. The van der Waals surface area contributed by atoms with Gasteiger partial charge in [-0.1, -0.05) is 18.2 Å². The number of methoxy groups -OCH3 is 2. The van der Waals surface area contributed by atoms with Crippen LogP contribution >= 0.6 is 0 Å². The number of anilines is 2. The van der Waals surface area contributed by atoms with E-state index in [1.807, 2.05) is 6.07 Å². The fraction of sp³-hybridized carbons (Fsp3) is 0.176. The van der Waals surface area contributed by atoms with Gasteiger partial charge in [-0.2, -0.15) is 0 Å². The predicted molar refractivity (Wildman–Crippen MR) is 87.9 cm³/mol. The molecule has 0 spiro atoms. The highest BCUT2D eigenvalue weighted by Crippen LogP contribution is 2.28. The Kier molecular flexibility index (Phi) is 5.71. The molecule has 2 aromatic carbocycles. The number of rotatable bonds is 6. The van der Waals surface area contributed by atoms with Crippen molar-refractivity contribution in [2.45, 2.75) is 0 Å². The zero-order valence-corrected chi connectivity index (χ0v) is 13.0. The Labute approximate surface area is 134 Å². The Hall–Kier alpha value is -2.86. The number of nitrogens with one attached hydrogen (secondary N) is 2.